The number of primary amides is 1. The number of phenols is 1. The molecule has 542 valence electrons. The van der Waals surface area contributed by atoms with Crippen molar-refractivity contribution in [1.82, 2.24) is 57.7 Å². The molecule has 0 saturated carbocycles. The fourth-order valence-corrected chi connectivity index (χ4v) is 11.1. The number of carboxylic acids is 2. The van der Waals surface area contributed by atoms with Crippen LogP contribution in [0.3, 0.4) is 0 Å². The largest absolute Gasteiger partial charge is 0.508 e. The Morgan fingerprint density at radius 1 is 0.730 bits per heavy atom. The van der Waals surface area contributed by atoms with Crippen LogP contribution < -0.4 is 59.3 Å². The summed E-state index contributed by atoms with van der Waals surface area (Å²) in [7, 11) is 0. The fourth-order valence-electron chi connectivity index (χ4n) is 11.0. The minimum Gasteiger partial charge on any atom is -0.508 e. The Morgan fingerprint density at radius 3 is 1.96 bits per heavy atom. The highest BCUT2D eigenvalue weighted by molar-refractivity contribution is 6.31. The molecule has 4 aromatic rings. The highest BCUT2D eigenvalue weighted by Gasteiger charge is 2.49. The van der Waals surface area contributed by atoms with Crippen molar-refractivity contribution in [1.29, 1.82) is 0 Å². The molecule has 0 radical (unpaired) electrons. The molecule has 21 N–H and O–H groups in total. The number of aromatic hydroxyl groups is 1. The molecule has 16 unspecified atom stereocenters. The first kappa shape index (κ1) is 78.7. The average molecular weight is 1420 g/mol. The number of carbonyl (C=O) groups excluding carboxylic acids is 12. The fraction of sp³-hybridized carbons (Fsp3) is 0.469. The molecule has 100 heavy (non-hydrogen) atoms. The smallest absolute Gasteiger partial charge is 0.331 e. The van der Waals surface area contributed by atoms with Crippen molar-refractivity contribution in [3.63, 3.8) is 0 Å². The SMILES string of the molecule is CC(C)C1NC(=O)C(Cc2c[nH]c3cc(Cl)ccc23)NC(=O)C(C(C)C(N)=O)NC(=O)C(NC(=O)C(NC(=O)C(CCC(=O)O)NC(=O)C(CO)NC(=O)C(NC(=O)CC(N)C(=O)O)C(O)c2ccc(O)cc2)C(C)O)COC(=O)C2C(O)C(C)CN2C(=O)C(Cc2ccccc2)NC1=O. The van der Waals surface area contributed by atoms with E-state index in [1.807, 2.05) is 0 Å². The molecule has 6 rings (SSSR count). The molecule has 1 aromatic heterocycles. The van der Waals surface area contributed by atoms with Crippen LogP contribution in [0.1, 0.15) is 76.7 Å². The number of aliphatic carboxylic acids is 2. The first-order valence-corrected chi connectivity index (χ1v) is 31.9. The zero-order valence-electron chi connectivity index (χ0n) is 54.7. The van der Waals surface area contributed by atoms with E-state index in [4.69, 9.17) is 27.8 Å². The number of hydrogen-bond acceptors (Lipinski definition) is 21. The van der Waals surface area contributed by atoms with Gasteiger partial charge < -0.3 is 110 Å². The van der Waals surface area contributed by atoms with Gasteiger partial charge in [0.05, 0.1) is 31.2 Å². The molecule has 16 atom stereocenters. The summed E-state index contributed by atoms with van der Waals surface area (Å²) in [5.41, 5.74) is 12.5. The van der Waals surface area contributed by atoms with Crippen LogP contribution in [0, 0.1) is 17.8 Å². The summed E-state index contributed by atoms with van der Waals surface area (Å²) in [6.45, 7) is 3.76. The molecule has 2 aliphatic rings. The van der Waals surface area contributed by atoms with Crippen LogP contribution in [0.4, 0.5) is 0 Å². The lowest BCUT2D eigenvalue weighted by atomic mass is 9.97. The Balaban J connectivity index is 1.36. The van der Waals surface area contributed by atoms with Crippen molar-refractivity contribution >= 4 is 105 Å². The number of carboxylic acid groups (broad SMARTS) is 2. The second-order valence-corrected chi connectivity index (χ2v) is 25.2. The number of aromatic amines is 1. The summed E-state index contributed by atoms with van der Waals surface area (Å²) in [5, 5.41) is 94.7. The molecule has 2 fully saturated rings. The molecule has 2 saturated heterocycles. The van der Waals surface area contributed by atoms with Gasteiger partial charge in [-0.1, -0.05) is 87.8 Å². The molecule has 3 heterocycles. The van der Waals surface area contributed by atoms with Crippen LogP contribution in [0.25, 0.3) is 10.9 Å². The number of amides is 11. The van der Waals surface area contributed by atoms with E-state index in [0.29, 0.717) is 27.1 Å². The summed E-state index contributed by atoms with van der Waals surface area (Å²) in [4.78, 5) is 199. The highest BCUT2D eigenvalue weighted by atomic mass is 35.5. The van der Waals surface area contributed by atoms with E-state index in [0.717, 1.165) is 43.0 Å². The van der Waals surface area contributed by atoms with E-state index in [9.17, 15) is 103 Å². The third-order valence-electron chi connectivity index (χ3n) is 16.8. The highest BCUT2D eigenvalue weighted by Crippen LogP contribution is 2.28. The number of ether oxygens (including phenoxy) is 1. The van der Waals surface area contributed by atoms with Crippen molar-refractivity contribution in [3.05, 3.63) is 101 Å². The van der Waals surface area contributed by atoms with Crippen LogP contribution >= 0.6 is 11.6 Å². The lowest BCUT2D eigenvalue weighted by Gasteiger charge is -2.31. The first-order valence-electron chi connectivity index (χ1n) is 31.5. The lowest BCUT2D eigenvalue weighted by molar-refractivity contribution is -0.159. The third kappa shape index (κ3) is 20.9. The first-order chi connectivity index (χ1) is 47.1. The average Bonchev–Trinajstić information content (AvgIpc) is 1.62. The summed E-state index contributed by atoms with van der Waals surface area (Å²) in [6, 6.07) is -3.76. The standard InChI is InChI=1S/C64H82ClN13O22/c1-27(2)46-58(92)71-41(19-31-9-7-6-8-10-31)62(96)78-24-28(3)51(85)50(78)64(99)100-26-43(57(91)76-47(29(4)53(67)87)59(93)70-40(55(89)75-46)20-33-23-68-39-21-34(65)13-16-36(33)39)73-60(94)48(30(5)80)77-54(88)38(17-18-45(83)84)69-56(90)42(25-79)72-61(95)49(74-44(82)22-37(66)63(97)98)52(86)32-11-14-35(81)15-12-32/h6-16,21,23,27-30,37-38,40-43,46-52,68,79-81,85-86H,17-20,22,24-26,66H2,1-5H3,(H2,67,87)(H,69,90)(H,70,93)(H,71,92)(H,72,95)(H,73,94)(H,74,82)(H,75,89)(H,76,91)(H,77,88)(H,83,84)(H,97,98). The van der Waals surface area contributed by atoms with Crippen molar-refractivity contribution in [3.8, 4) is 5.75 Å². The second-order valence-electron chi connectivity index (χ2n) is 24.7. The number of fused-ring (bicyclic) bond motifs is 2. The van der Waals surface area contributed by atoms with Gasteiger partial charge in [0.1, 0.15) is 78.9 Å². The Bertz CT molecular complexity index is 3690. The number of cyclic esters (lactones) is 1. The van der Waals surface area contributed by atoms with Gasteiger partial charge in [0, 0.05) is 53.8 Å². The van der Waals surface area contributed by atoms with Gasteiger partial charge in [0.15, 0.2) is 6.04 Å². The predicted octanol–water partition coefficient (Wildman–Crippen LogP) is -5.01. The zero-order chi connectivity index (χ0) is 74.1. The molecule has 0 bridgehead atoms. The number of nitrogens with zero attached hydrogens (tertiary/aromatic N) is 1. The molecular formula is C64H82ClN13O22. The normalized spacial score (nSPS) is 22.7. The summed E-state index contributed by atoms with van der Waals surface area (Å²) < 4.78 is 5.63. The van der Waals surface area contributed by atoms with Gasteiger partial charge in [-0.3, -0.25) is 62.3 Å². The third-order valence-corrected chi connectivity index (χ3v) is 17.0. The maximum absolute atomic E-state index is 15.0. The summed E-state index contributed by atoms with van der Waals surface area (Å²) in [5.74, 6) is -22.0. The van der Waals surface area contributed by atoms with E-state index in [1.165, 1.54) is 13.1 Å². The van der Waals surface area contributed by atoms with Gasteiger partial charge in [-0.2, -0.15) is 0 Å². The van der Waals surface area contributed by atoms with Gasteiger partial charge in [-0.05, 0) is 60.2 Å². The van der Waals surface area contributed by atoms with Gasteiger partial charge in [-0.15, -0.1) is 0 Å². The maximum atomic E-state index is 15.0. The second kappa shape index (κ2) is 35.4. The van der Waals surface area contributed by atoms with E-state index in [1.54, 1.807) is 62.4 Å². The number of carbonyl (C=O) groups is 14. The van der Waals surface area contributed by atoms with Gasteiger partial charge in [0.2, 0.25) is 65.0 Å². The van der Waals surface area contributed by atoms with Crippen LogP contribution in [0.5, 0.6) is 5.75 Å². The van der Waals surface area contributed by atoms with E-state index >= 15 is 0 Å². The van der Waals surface area contributed by atoms with E-state index in [-0.39, 0.29) is 30.7 Å². The van der Waals surface area contributed by atoms with Crippen LogP contribution in [0.15, 0.2) is 79.0 Å². The number of rotatable bonds is 26. The quantitative estimate of drug-likeness (QED) is 0.0262. The Labute approximate surface area is 575 Å². The number of aliphatic hydroxyl groups is 4. The summed E-state index contributed by atoms with van der Waals surface area (Å²) in [6.07, 6.45) is -7.47. The number of nitrogens with one attached hydrogen (secondary N) is 10. The minimum atomic E-state index is -2.28. The van der Waals surface area contributed by atoms with Gasteiger partial charge >= 0.3 is 17.9 Å². The molecule has 35 nitrogen and oxygen atoms in total. The van der Waals surface area contributed by atoms with Gasteiger partial charge in [0.25, 0.3) is 0 Å². The summed E-state index contributed by atoms with van der Waals surface area (Å²) >= 11 is 6.26. The molecule has 0 spiro atoms. The Hall–Kier alpha value is -10.3. The van der Waals surface area contributed by atoms with Crippen molar-refractivity contribution in [2.75, 3.05) is 19.8 Å². The monoisotopic (exact) mass is 1420 g/mol. The number of aromatic nitrogens is 1. The molecule has 3 aromatic carbocycles. The maximum Gasteiger partial charge on any atom is 0.331 e. The number of phenolic OH excluding ortho intramolecular Hbond substituents is 1. The number of benzene rings is 3. The Morgan fingerprint density at radius 2 is 1.35 bits per heavy atom. The van der Waals surface area contributed by atoms with Gasteiger partial charge in [-0.25, -0.2) is 4.79 Å². The van der Waals surface area contributed by atoms with Crippen LogP contribution in [-0.4, -0.2) is 227 Å². The number of aliphatic hydroxyl groups excluding tert-OH is 4. The zero-order valence-corrected chi connectivity index (χ0v) is 55.5. The number of H-pyrrole nitrogens is 1. The predicted molar refractivity (Wildman–Crippen MR) is 348 cm³/mol. The molecule has 0 aliphatic carbocycles. The topological polar surface area (TPSA) is 569 Å². The molecular weight excluding hydrogens is 1340 g/mol. The van der Waals surface area contributed by atoms with Crippen LogP contribution in [-0.2, 0) is 84.7 Å². The number of esters is 1. The molecule has 11 amide bonds. The van der Waals surface area contributed by atoms with E-state index in [2.05, 4.69) is 52.8 Å². The number of nitrogens with two attached hydrogens (primary N) is 2. The van der Waals surface area contributed by atoms with Crippen molar-refractivity contribution in [2.45, 2.75) is 151 Å². The lowest BCUT2D eigenvalue weighted by Crippen LogP contribution is -2.64. The van der Waals surface area contributed by atoms with Crippen molar-refractivity contribution in [2.24, 2.45) is 29.2 Å². The van der Waals surface area contributed by atoms with Crippen molar-refractivity contribution < 1.29 is 108 Å². The minimum absolute atomic E-state index is 0.123. The molecule has 36 heteroatoms. The van der Waals surface area contributed by atoms with E-state index < -0.39 is 218 Å². The molecule has 2 aliphatic heterocycles. The number of halogens is 1. The Kier molecular flexibility index (Phi) is 27.9. The number of hydrogen-bond donors (Lipinski definition) is 19. The van der Waals surface area contributed by atoms with Crippen LogP contribution in [0.2, 0.25) is 5.02 Å².